The van der Waals surface area contributed by atoms with Crippen molar-refractivity contribution in [1.82, 2.24) is 24.1 Å². The molecule has 1 aliphatic heterocycles. The van der Waals surface area contributed by atoms with Crippen LogP contribution in [0.3, 0.4) is 0 Å². The van der Waals surface area contributed by atoms with Gasteiger partial charge in [0.1, 0.15) is 18.9 Å². The molecule has 1 atom stereocenters. The lowest BCUT2D eigenvalue weighted by Crippen LogP contribution is -2.52. The van der Waals surface area contributed by atoms with Crippen molar-refractivity contribution in [3.63, 3.8) is 0 Å². The zero-order chi connectivity index (χ0) is 12.8. The minimum Gasteiger partial charge on any atom is -0.473 e. The van der Waals surface area contributed by atoms with Gasteiger partial charge in [0.05, 0.1) is 11.7 Å². The average molecular weight is 273 g/mol. The first-order valence-corrected chi connectivity index (χ1v) is 6.72. The SMILES string of the molecule is CN1CCN(NCC(O)COc2cnsn2)CC1. The molecule has 2 N–H and O–H groups in total. The van der Waals surface area contributed by atoms with Gasteiger partial charge in [-0.15, -0.1) is 4.37 Å². The summed E-state index contributed by atoms with van der Waals surface area (Å²) in [5, 5.41) is 11.9. The van der Waals surface area contributed by atoms with Crippen molar-refractivity contribution in [2.24, 2.45) is 0 Å². The molecule has 0 spiro atoms. The van der Waals surface area contributed by atoms with E-state index >= 15 is 0 Å². The third-order valence-corrected chi connectivity index (χ3v) is 3.28. The molecule has 18 heavy (non-hydrogen) atoms. The molecule has 2 heterocycles. The third-order valence-electron chi connectivity index (χ3n) is 2.82. The average Bonchev–Trinajstić information content (AvgIpc) is 2.89. The number of hydrogen-bond acceptors (Lipinski definition) is 8. The van der Waals surface area contributed by atoms with Gasteiger partial charge >= 0.3 is 0 Å². The number of ether oxygens (including phenoxy) is 1. The minimum absolute atomic E-state index is 0.228. The zero-order valence-electron chi connectivity index (χ0n) is 10.4. The molecule has 0 radical (unpaired) electrons. The Bertz CT molecular complexity index is 329. The Hall–Kier alpha value is -0.800. The Morgan fingerprint density at radius 1 is 1.50 bits per heavy atom. The van der Waals surface area contributed by atoms with Crippen LogP contribution in [0.15, 0.2) is 6.20 Å². The second-order valence-corrected chi connectivity index (χ2v) is 4.92. The van der Waals surface area contributed by atoms with Crippen molar-refractivity contribution in [3.05, 3.63) is 6.20 Å². The summed E-state index contributed by atoms with van der Waals surface area (Å²) in [5.74, 6) is 0.471. The summed E-state index contributed by atoms with van der Waals surface area (Å²) in [4.78, 5) is 2.28. The fourth-order valence-corrected chi connectivity index (χ4v) is 2.02. The van der Waals surface area contributed by atoms with E-state index in [9.17, 15) is 5.11 Å². The maximum atomic E-state index is 9.76. The number of hydrazine groups is 1. The topological polar surface area (TPSA) is 73.8 Å². The molecule has 2 rings (SSSR count). The highest BCUT2D eigenvalue weighted by Gasteiger charge is 2.14. The van der Waals surface area contributed by atoms with Gasteiger partial charge in [-0.3, -0.25) is 5.43 Å². The van der Waals surface area contributed by atoms with Crippen LogP contribution in [0.4, 0.5) is 0 Å². The van der Waals surface area contributed by atoms with Crippen molar-refractivity contribution in [2.75, 3.05) is 46.4 Å². The number of aliphatic hydroxyl groups excluding tert-OH is 1. The standard InChI is InChI=1S/C10H19N5O2S/c1-14-2-4-15(5-3-14)11-6-9(16)8-17-10-7-12-18-13-10/h7,9,11,16H,2-6,8H2,1H3. The molecule has 0 aliphatic carbocycles. The van der Waals surface area contributed by atoms with Crippen LogP contribution in [-0.4, -0.2) is 76.2 Å². The highest BCUT2D eigenvalue weighted by Crippen LogP contribution is 2.05. The maximum absolute atomic E-state index is 9.76. The summed E-state index contributed by atoms with van der Waals surface area (Å²) in [6, 6.07) is 0. The quantitative estimate of drug-likeness (QED) is 0.691. The van der Waals surface area contributed by atoms with Crippen molar-refractivity contribution >= 4 is 11.7 Å². The molecule has 102 valence electrons. The van der Waals surface area contributed by atoms with Gasteiger partial charge in [0.2, 0.25) is 5.88 Å². The van der Waals surface area contributed by atoms with Crippen LogP contribution in [0.1, 0.15) is 0 Å². The van der Waals surface area contributed by atoms with Gasteiger partial charge < -0.3 is 14.7 Å². The normalized spacial score (nSPS) is 19.9. The van der Waals surface area contributed by atoms with Gasteiger partial charge in [0, 0.05) is 32.7 Å². The molecular weight excluding hydrogens is 254 g/mol. The molecule has 1 fully saturated rings. The summed E-state index contributed by atoms with van der Waals surface area (Å²) < 4.78 is 13.0. The summed E-state index contributed by atoms with van der Waals surface area (Å²) in [7, 11) is 2.11. The predicted octanol–water partition coefficient (Wildman–Crippen LogP) is -0.970. The molecule has 8 heteroatoms. The van der Waals surface area contributed by atoms with E-state index in [-0.39, 0.29) is 6.61 Å². The van der Waals surface area contributed by atoms with E-state index in [2.05, 4.69) is 31.1 Å². The van der Waals surface area contributed by atoms with Crippen LogP contribution in [0.5, 0.6) is 5.88 Å². The highest BCUT2D eigenvalue weighted by molar-refractivity contribution is 6.99. The lowest BCUT2D eigenvalue weighted by molar-refractivity contribution is 0.0541. The largest absolute Gasteiger partial charge is 0.473 e. The van der Waals surface area contributed by atoms with E-state index in [1.54, 1.807) is 6.20 Å². The molecule has 1 saturated heterocycles. The number of nitrogens with zero attached hydrogens (tertiary/aromatic N) is 4. The second kappa shape index (κ2) is 6.95. The van der Waals surface area contributed by atoms with Crippen LogP contribution in [-0.2, 0) is 0 Å². The molecule has 7 nitrogen and oxygen atoms in total. The van der Waals surface area contributed by atoms with E-state index in [4.69, 9.17) is 4.74 Å². The van der Waals surface area contributed by atoms with Crippen LogP contribution >= 0.6 is 11.7 Å². The lowest BCUT2D eigenvalue weighted by Gasteiger charge is -2.33. The number of aromatic nitrogens is 2. The summed E-state index contributed by atoms with van der Waals surface area (Å²) in [6.45, 7) is 4.75. The molecule has 1 aromatic heterocycles. The molecule has 1 aromatic rings. The summed E-state index contributed by atoms with van der Waals surface area (Å²) in [5.41, 5.74) is 3.22. The molecule has 1 unspecified atom stereocenters. The fraction of sp³-hybridized carbons (Fsp3) is 0.800. The number of likely N-dealkylation sites (N-methyl/N-ethyl adjacent to an activating group) is 1. The Balaban J connectivity index is 1.58. The third kappa shape index (κ3) is 4.46. The van der Waals surface area contributed by atoms with Gasteiger partial charge in [-0.1, -0.05) is 0 Å². The van der Waals surface area contributed by atoms with E-state index in [1.807, 2.05) is 0 Å². The van der Waals surface area contributed by atoms with E-state index < -0.39 is 6.10 Å². The Morgan fingerprint density at radius 3 is 2.94 bits per heavy atom. The Morgan fingerprint density at radius 2 is 2.28 bits per heavy atom. The Labute approximate surface area is 111 Å². The molecule has 0 aromatic carbocycles. The Kier molecular flexibility index (Phi) is 5.26. The first-order chi connectivity index (χ1) is 8.74. The van der Waals surface area contributed by atoms with E-state index in [0.717, 1.165) is 37.9 Å². The maximum Gasteiger partial charge on any atom is 0.245 e. The van der Waals surface area contributed by atoms with Crippen molar-refractivity contribution in [1.29, 1.82) is 0 Å². The summed E-state index contributed by atoms with van der Waals surface area (Å²) >= 11 is 1.09. The van der Waals surface area contributed by atoms with Crippen LogP contribution < -0.4 is 10.2 Å². The van der Waals surface area contributed by atoms with Crippen molar-refractivity contribution in [2.45, 2.75) is 6.10 Å². The molecule has 1 aliphatic rings. The predicted molar refractivity (Wildman–Crippen MR) is 68.5 cm³/mol. The summed E-state index contributed by atoms with van der Waals surface area (Å²) in [6.07, 6.45) is 0.997. The molecule has 0 bridgehead atoms. The first kappa shape index (κ1) is 13.6. The van der Waals surface area contributed by atoms with Crippen molar-refractivity contribution in [3.8, 4) is 5.88 Å². The number of aliphatic hydroxyl groups is 1. The number of nitrogens with one attached hydrogen (secondary N) is 1. The fourth-order valence-electron chi connectivity index (χ4n) is 1.66. The van der Waals surface area contributed by atoms with Crippen LogP contribution in [0.25, 0.3) is 0 Å². The number of piperazine rings is 1. The number of hydrogen-bond donors (Lipinski definition) is 2. The highest BCUT2D eigenvalue weighted by atomic mass is 32.1. The zero-order valence-corrected chi connectivity index (χ0v) is 11.3. The minimum atomic E-state index is -0.550. The van der Waals surface area contributed by atoms with Gasteiger partial charge in [-0.2, -0.15) is 4.37 Å². The smallest absolute Gasteiger partial charge is 0.245 e. The van der Waals surface area contributed by atoms with Crippen LogP contribution in [0, 0.1) is 0 Å². The van der Waals surface area contributed by atoms with Gasteiger partial charge in [-0.25, -0.2) is 5.01 Å². The molecule has 0 amide bonds. The molecular formula is C10H19N5O2S. The monoisotopic (exact) mass is 273 g/mol. The number of rotatable bonds is 6. The van der Waals surface area contributed by atoms with Crippen molar-refractivity contribution < 1.29 is 9.84 Å². The van der Waals surface area contributed by atoms with E-state index in [1.165, 1.54) is 0 Å². The van der Waals surface area contributed by atoms with Gasteiger partial charge in [0.25, 0.3) is 0 Å². The van der Waals surface area contributed by atoms with Gasteiger partial charge in [-0.05, 0) is 7.05 Å². The first-order valence-electron chi connectivity index (χ1n) is 5.99. The van der Waals surface area contributed by atoms with E-state index in [0.29, 0.717) is 12.4 Å². The lowest BCUT2D eigenvalue weighted by atomic mass is 10.3. The molecule has 0 saturated carbocycles. The second-order valence-electron chi connectivity index (χ2n) is 4.36. The van der Waals surface area contributed by atoms with Gasteiger partial charge in [0.15, 0.2) is 0 Å². The van der Waals surface area contributed by atoms with Crippen LogP contribution in [0.2, 0.25) is 0 Å².